The van der Waals surface area contributed by atoms with Gasteiger partial charge in [0.25, 0.3) is 5.91 Å². The number of nitrogens with one attached hydrogen (secondary N) is 2. The minimum Gasteiger partial charge on any atom is -0.349 e. The van der Waals surface area contributed by atoms with Crippen molar-refractivity contribution in [3.63, 3.8) is 0 Å². The molecule has 1 amide bonds. The highest BCUT2D eigenvalue weighted by Crippen LogP contribution is 2.18. The maximum atomic E-state index is 12.8. The summed E-state index contributed by atoms with van der Waals surface area (Å²) in [6, 6.07) is 19.3. The van der Waals surface area contributed by atoms with Gasteiger partial charge in [-0.2, -0.15) is 5.10 Å². The van der Waals surface area contributed by atoms with E-state index in [2.05, 4.69) is 20.4 Å². The van der Waals surface area contributed by atoms with Crippen LogP contribution in [0.25, 0.3) is 0 Å². The summed E-state index contributed by atoms with van der Waals surface area (Å²) < 4.78 is 1.85. The number of amides is 1. The third-order valence-electron chi connectivity index (χ3n) is 4.58. The van der Waals surface area contributed by atoms with Gasteiger partial charge in [-0.15, -0.1) is 0 Å². The Kier molecular flexibility index (Phi) is 5.29. The van der Waals surface area contributed by atoms with Crippen LogP contribution in [0.4, 0.5) is 0 Å². The first-order valence-electron chi connectivity index (χ1n) is 9.18. The van der Waals surface area contributed by atoms with Crippen molar-refractivity contribution in [1.29, 1.82) is 0 Å². The highest BCUT2D eigenvalue weighted by Gasteiger charge is 2.17. The standard InChI is InChI=1S/C22H21N5O/c28-22(19-9-7-17(8-10-19)16-27-14-4-11-25-27)26-20(15-21-23-12-13-24-21)18-5-2-1-3-6-18/h1-14,20H,15-16H2,(H,23,24)(H,26,28)/t20-/m0/s1. The first-order valence-corrected chi connectivity index (χ1v) is 9.18. The predicted octanol–water partition coefficient (Wildman–Crippen LogP) is 3.37. The molecule has 1 atom stereocenters. The molecule has 28 heavy (non-hydrogen) atoms. The van der Waals surface area contributed by atoms with Gasteiger partial charge in [0.05, 0.1) is 12.6 Å². The van der Waals surface area contributed by atoms with E-state index in [4.69, 9.17) is 0 Å². The lowest BCUT2D eigenvalue weighted by atomic mass is 10.0. The molecule has 0 aliphatic carbocycles. The molecule has 0 saturated heterocycles. The molecule has 0 aliphatic rings. The number of benzene rings is 2. The van der Waals surface area contributed by atoms with E-state index in [1.807, 2.05) is 71.5 Å². The average Bonchev–Trinajstić information content (AvgIpc) is 3.43. The number of H-pyrrole nitrogens is 1. The highest BCUT2D eigenvalue weighted by molar-refractivity contribution is 5.94. The molecule has 6 heteroatoms. The lowest BCUT2D eigenvalue weighted by molar-refractivity contribution is 0.0936. The molecular formula is C22H21N5O. The Labute approximate surface area is 163 Å². The van der Waals surface area contributed by atoms with Crippen molar-refractivity contribution in [3.8, 4) is 0 Å². The number of hydrogen-bond donors (Lipinski definition) is 2. The number of rotatable bonds is 7. The van der Waals surface area contributed by atoms with Crippen LogP contribution in [0, 0.1) is 0 Å². The summed E-state index contributed by atoms with van der Waals surface area (Å²) >= 11 is 0. The van der Waals surface area contributed by atoms with Gasteiger partial charge in [-0.3, -0.25) is 9.48 Å². The number of carbonyl (C=O) groups is 1. The molecule has 6 nitrogen and oxygen atoms in total. The van der Waals surface area contributed by atoms with E-state index >= 15 is 0 Å². The van der Waals surface area contributed by atoms with Crippen LogP contribution in [0.5, 0.6) is 0 Å². The van der Waals surface area contributed by atoms with Gasteiger partial charge in [-0.1, -0.05) is 42.5 Å². The van der Waals surface area contributed by atoms with Crippen LogP contribution in [0.2, 0.25) is 0 Å². The fourth-order valence-corrected chi connectivity index (χ4v) is 3.12. The van der Waals surface area contributed by atoms with Gasteiger partial charge in [0.2, 0.25) is 0 Å². The van der Waals surface area contributed by atoms with Crippen molar-refractivity contribution in [1.82, 2.24) is 25.1 Å². The van der Waals surface area contributed by atoms with Crippen molar-refractivity contribution in [3.05, 3.63) is 108 Å². The third kappa shape index (κ3) is 4.35. The molecule has 0 fully saturated rings. The zero-order valence-electron chi connectivity index (χ0n) is 15.3. The van der Waals surface area contributed by atoms with E-state index in [1.54, 1.807) is 18.6 Å². The summed E-state index contributed by atoms with van der Waals surface area (Å²) in [6.07, 6.45) is 7.78. The minimum absolute atomic E-state index is 0.106. The molecule has 4 rings (SSSR count). The molecule has 140 valence electrons. The molecule has 4 aromatic rings. The monoisotopic (exact) mass is 371 g/mol. The Hall–Kier alpha value is -3.67. The van der Waals surface area contributed by atoms with Crippen LogP contribution in [-0.2, 0) is 13.0 Å². The number of nitrogens with zero attached hydrogens (tertiary/aromatic N) is 3. The van der Waals surface area contributed by atoms with Gasteiger partial charge < -0.3 is 10.3 Å². The number of carbonyl (C=O) groups excluding carboxylic acids is 1. The maximum absolute atomic E-state index is 12.8. The quantitative estimate of drug-likeness (QED) is 0.523. The fourth-order valence-electron chi connectivity index (χ4n) is 3.12. The van der Waals surface area contributed by atoms with E-state index in [0.717, 1.165) is 17.0 Å². The van der Waals surface area contributed by atoms with Crippen molar-refractivity contribution in [2.45, 2.75) is 19.0 Å². The van der Waals surface area contributed by atoms with Crippen LogP contribution in [0.15, 0.2) is 85.5 Å². The number of aromatic nitrogens is 4. The average molecular weight is 371 g/mol. The predicted molar refractivity (Wildman–Crippen MR) is 107 cm³/mol. The smallest absolute Gasteiger partial charge is 0.251 e. The Balaban J connectivity index is 1.47. The van der Waals surface area contributed by atoms with Crippen molar-refractivity contribution in [2.75, 3.05) is 0 Å². The highest BCUT2D eigenvalue weighted by atomic mass is 16.1. The summed E-state index contributed by atoms with van der Waals surface area (Å²) in [5, 5.41) is 7.34. The Morgan fingerprint density at radius 2 is 1.86 bits per heavy atom. The molecule has 0 aliphatic heterocycles. The molecule has 2 aromatic heterocycles. The zero-order valence-corrected chi connectivity index (χ0v) is 15.3. The summed E-state index contributed by atoms with van der Waals surface area (Å²) in [4.78, 5) is 20.2. The SMILES string of the molecule is O=C(N[C@@H](Cc1ncc[nH]1)c1ccccc1)c1ccc(Cn2cccn2)cc1. The summed E-state index contributed by atoms with van der Waals surface area (Å²) in [5.74, 6) is 0.731. The molecule has 0 bridgehead atoms. The second kappa shape index (κ2) is 8.35. The number of aromatic amines is 1. The minimum atomic E-state index is -0.163. The summed E-state index contributed by atoms with van der Waals surface area (Å²) in [7, 11) is 0. The van der Waals surface area contributed by atoms with E-state index in [-0.39, 0.29) is 11.9 Å². The van der Waals surface area contributed by atoms with E-state index in [1.165, 1.54) is 0 Å². The lowest BCUT2D eigenvalue weighted by Crippen LogP contribution is -2.30. The van der Waals surface area contributed by atoms with E-state index in [0.29, 0.717) is 18.5 Å². The Morgan fingerprint density at radius 3 is 2.54 bits per heavy atom. The lowest BCUT2D eigenvalue weighted by Gasteiger charge is -2.18. The molecule has 0 spiro atoms. The first-order chi connectivity index (χ1) is 13.8. The number of imidazole rings is 1. The van der Waals surface area contributed by atoms with Crippen molar-refractivity contribution >= 4 is 5.91 Å². The Morgan fingerprint density at radius 1 is 1.04 bits per heavy atom. The van der Waals surface area contributed by atoms with Gasteiger partial charge in [0, 0.05) is 36.8 Å². The molecule has 2 N–H and O–H groups in total. The number of hydrogen-bond acceptors (Lipinski definition) is 3. The van der Waals surface area contributed by atoms with Crippen LogP contribution in [-0.4, -0.2) is 25.7 Å². The van der Waals surface area contributed by atoms with E-state index in [9.17, 15) is 4.79 Å². The van der Waals surface area contributed by atoms with Crippen LogP contribution in [0.3, 0.4) is 0 Å². The van der Waals surface area contributed by atoms with Crippen LogP contribution < -0.4 is 5.32 Å². The summed E-state index contributed by atoms with van der Waals surface area (Å²) in [6.45, 7) is 0.681. The van der Waals surface area contributed by atoms with Crippen molar-refractivity contribution < 1.29 is 4.79 Å². The van der Waals surface area contributed by atoms with Gasteiger partial charge in [-0.05, 0) is 29.3 Å². The van der Waals surface area contributed by atoms with Crippen LogP contribution >= 0.6 is 0 Å². The van der Waals surface area contributed by atoms with Gasteiger partial charge >= 0.3 is 0 Å². The molecule has 0 unspecified atom stereocenters. The second-order valence-corrected chi connectivity index (χ2v) is 6.58. The van der Waals surface area contributed by atoms with Gasteiger partial charge in [0.15, 0.2) is 0 Å². The fraction of sp³-hybridized carbons (Fsp3) is 0.136. The molecule has 2 heterocycles. The molecule has 2 aromatic carbocycles. The summed E-state index contributed by atoms with van der Waals surface area (Å²) in [5.41, 5.74) is 2.77. The van der Waals surface area contributed by atoms with E-state index < -0.39 is 0 Å². The normalized spacial score (nSPS) is 11.9. The zero-order chi connectivity index (χ0) is 19.2. The molecule has 0 saturated carbocycles. The van der Waals surface area contributed by atoms with Crippen molar-refractivity contribution in [2.24, 2.45) is 0 Å². The van der Waals surface area contributed by atoms with Gasteiger partial charge in [-0.25, -0.2) is 4.98 Å². The Bertz CT molecular complexity index is 993. The molecular weight excluding hydrogens is 350 g/mol. The van der Waals surface area contributed by atoms with Crippen LogP contribution in [0.1, 0.15) is 33.4 Å². The van der Waals surface area contributed by atoms with Gasteiger partial charge in [0.1, 0.15) is 5.82 Å². The second-order valence-electron chi connectivity index (χ2n) is 6.58. The largest absolute Gasteiger partial charge is 0.349 e. The topological polar surface area (TPSA) is 75.6 Å². The molecule has 0 radical (unpaired) electrons. The maximum Gasteiger partial charge on any atom is 0.251 e. The first kappa shape index (κ1) is 17.7. The third-order valence-corrected chi connectivity index (χ3v) is 4.58.